The zero-order valence-corrected chi connectivity index (χ0v) is 17.5. The first-order valence-electron chi connectivity index (χ1n) is 9.53. The highest BCUT2D eigenvalue weighted by Gasteiger charge is 2.16. The van der Waals surface area contributed by atoms with E-state index < -0.39 is 0 Å². The number of methoxy groups -OCH3 is 1. The Morgan fingerprint density at radius 1 is 1.17 bits per heavy atom. The number of thiophene rings is 1. The summed E-state index contributed by atoms with van der Waals surface area (Å²) in [7, 11) is 1.60. The van der Waals surface area contributed by atoms with Crippen LogP contribution in [0.5, 0.6) is 5.75 Å². The summed E-state index contributed by atoms with van der Waals surface area (Å²) < 4.78 is 7.25. The van der Waals surface area contributed by atoms with Crippen LogP contribution in [0.1, 0.15) is 18.5 Å². The van der Waals surface area contributed by atoms with E-state index in [1.54, 1.807) is 7.11 Å². The van der Waals surface area contributed by atoms with Gasteiger partial charge in [0.1, 0.15) is 17.0 Å². The number of fused-ring (bicyclic) bond motifs is 1. The number of para-hydroxylation sites is 1. The van der Waals surface area contributed by atoms with Gasteiger partial charge in [0.05, 0.1) is 25.0 Å². The molecule has 0 aliphatic carbocycles. The average Bonchev–Trinajstić information content (AvgIpc) is 3.21. The fourth-order valence-corrected chi connectivity index (χ4v) is 4.41. The lowest BCUT2D eigenvalue weighted by atomic mass is 10.1. The van der Waals surface area contributed by atoms with Crippen LogP contribution >= 0.6 is 11.3 Å². The van der Waals surface area contributed by atoms with Crippen molar-refractivity contribution in [3.8, 4) is 16.2 Å². The average molecular weight is 420 g/mol. The van der Waals surface area contributed by atoms with Gasteiger partial charge in [0.2, 0.25) is 5.91 Å². The Morgan fingerprint density at radius 2 is 1.90 bits per heavy atom. The number of benzene rings is 2. The van der Waals surface area contributed by atoms with Gasteiger partial charge < -0.3 is 10.1 Å². The Kier molecular flexibility index (Phi) is 5.63. The molecular weight excluding hydrogens is 398 g/mol. The molecule has 7 heteroatoms. The van der Waals surface area contributed by atoms with Crippen molar-refractivity contribution in [3.05, 3.63) is 82.9 Å². The number of ether oxygens (including phenoxy) is 1. The van der Waals surface area contributed by atoms with Crippen LogP contribution in [0.25, 0.3) is 20.7 Å². The lowest BCUT2D eigenvalue weighted by Crippen LogP contribution is -2.33. The van der Waals surface area contributed by atoms with E-state index in [1.165, 1.54) is 22.2 Å². The first-order chi connectivity index (χ1) is 14.6. The van der Waals surface area contributed by atoms with Crippen molar-refractivity contribution in [2.75, 3.05) is 7.11 Å². The van der Waals surface area contributed by atoms with Gasteiger partial charge in [-0.15, -0.1) is 11.3 Å². The minimum absolute atomic E-state index is 0.0974. The molecule has 2 heterocycles. The van der Waals surface area contributed by atoms with Crippen molar-refractivity contribution in [1.82, 2.24) is 14.9 Å². The zero-order chi connectivity index (χ0) is 21.1. The molecule has 4 rings (SSSR count). The van der Waals surface area contributed by atoms with Gasteiger partial charge in [-0.25, -0.2) is 4.98 Å². The van der Waals surface area contributed by atoms with Crippen LogP contribution in [-0.2, 0) is 11.3 Å². The van der Waals surface area contributed by atoms with Crippen molar-refractivity contribution in [3.63, 3.8) is 0 Å². The summed E-state index contributed by atoms with van der Waals surface area (Å²) in [6, 6.07) is 19.0. The van der Waals surface area contributed by atoms with E-state index in [1.807, 2.05) is 67.6 Å². The predicted octanol–water partition coefficient (Wildman–Crippen LogP) is 4.01. The predicted molar refractivity (Wildman–Crippen MR) is 119 cm³/mol. The number of carbonyl (C=O) groups excluding carboxylic acids is 1. The summed E-state index contributed by atoms with van der Waals surface area (Å²) in [6.45, 7) is 1.78. The molecule has 0 spiro atoms. The number of amides is 1. The molecule has 0 bridgehead atoms. The highest BCUT2D eigenvalue weighted by atomic mass is 32.1. The molecule has 0 aliphatic heterocycles. The van der Waals surface area contributed by atoms with Gasteiger partial charge in [0.25, 0.3) is 5.56 Å². The van der Waals surface area contributed by atoms with Crippen LogP contribution in [0, 0.1) is 0 Å². The van der Waals surface area contributed by atoms with Crippen molar-refractivity contribution < 1.29 is 9.53 Å². The number of aromatic nitrogens is 2. The third-order valence-electron chi connectivity index (χ3n) is 4.86. The topological polar surface area (TPSA) is 73.2 Å². The standard InChI is InChI=1S/C23H21N3O3S/c1-15(17-10-6-7-11-19(17)29-2)25-21(27)13-26-14-24-18-12-20(30-22(18)23(26)28)16-8-4-3-5-9-16/h3-12,14-15H,13H2,1-2H3,(H,25,27)/t15-/m0/s1. The van der Waals surface area contributed by atoms with Gasteiger partial charge in [-0.1, -0.05) is 48.5 Å². The summed E-state index contributed by atoms with van der Waals surface area (Å²) in [5.41, 5.74) is 2.34. The maximum absolute atomic E-state index is 12.9. The second-order valence-corrected chi connectivity index (χ2v) is 7.95. The third kappa shape index (κ3) is 3.97. The molecule has 2 aromatic carbocycles. The maximum Gasteiger partial charge on any atom is 0.271 e. The summed E-state index contributed by atoms with van der Waals surface area (Å²) in [5.74, 6) is 0.439. The quantitative estimate of drug-likeness (QED) is 0.512. The molecule has 1 atom stereocenters. The van der Waals surface area contributed by atoms with Crippen molar-refractivity contribution in [2.45, 2.75) is 19.5 Å². The fourth-order valence-electron chi connectivity index (χ4n) is 3.35. The van der Waals surface area contributed by atoms with Crippen molar-refractivity contribution >= 4 is 27.5 Å². The van der Waals surface area contributed by atoms with Gasteiger partial charge >= 0.3 is 0 Å². The number of nitrogens with zero attached hydrogens (tertiary/aromatic N) is 2. The van der Waals surface area contributed by atoms with E-state index in [0.29, 0.717) is 16.0 Å². The van der Waals surface area contributed by atoms with Crippen molar-refractivity contribution in [2.24, 2.45) is 0 Å². The van der Waals surface area contributed by atoms with Gasteiger partial charge in [0.15, 0.2) is 0 Å². The smallest absolute Gasteiger partial charge is 0.271 e. The summed E-state index contributed by atoms with van der Waals surface area (Å²) in [6.07, 6.45) is 1.43. The van der Waals surface area contributed by atoms with Crippen LogP contribution in [0.4, 0.5) is 0 Å². The lowest BCUT2D eigenvalue weighted by molar-refractivity contribution is -0.122. The number of carbonyl (C=O) groups is 1. The van der Waals surface area contributed by atoms with Crippen molar-refractivity contribution in [1.29, 1.82) is 0 Å². The molecule has 0 saturated carbocycles. The van der Waals surface area contributed by atoms with Crippen LogP contribution < -0.4 is 15.6 Å². The number of hydrogen-bond acceptors (Lipinski definition) is 5. The second kappa shape index (κ2) is 8.51. The summed E-state index contributed by atoms with van der Waals surface area (Å²) in [5, 5.41) is 2.92. The zero-order valence-electron chi connectivity index (χ0n) is 16.7. The minimum Gasteiger partial charge on any atom is -0.496 e. The molecule has 0 saturated heterocycles. The second-order valence-electron chi connectivity index (χ2n) is 6.90. The molecule has 0 unspecified atom stereocenters. The van der Waals surface area contributed by atoms with Gasteiger partial charge in [-0.3, -0.25) is 14.2 Å². The molecule has 2 aromatic heterocycles. The largest absolute Gasteiger partial charge is 0.496 e. The molecule has 4 aromatic rings. The van der Waals surface area contributed by atoms with Gasteiger partial charge in [-0.05, 0) is 24.6 Å². The Morgan fingerprint density at radius 3 is 2.67 bits per heavy atom. The third-order valence-corrected chi connectivity index (χ3v) is 6.02. The van der Waals surface area contributed by atoms with Gasteiger partial charge in [-0.2, -0.15) is 0 Å². The first-order valence-corrected chi connectivity index (χ1v) is 10.3. The fraction of sp³-hybridized carbons (Fsp3) is 0.174. The van der Waals surface area contributed by atoms with Crippen LogP contribution in [-0.4, -0.2) is 22.6 Å². The van der Waals surface area contributed by atoms with E-state index in [2.05, 4.69) is 10.3 Å². The molecule has 1 amide bonds. The molecule has 0 aliphatic rings. The molecule has 30 heavy (non-hydrogen) atoms. The summed E-state index contributed by atoms with van der Waals surface area (Å²) >= 11 is 1.39. The molecule has 0 fully saturated rings. The Hall–Kier alpha value is -3.45. The maximum atomic E-state index is 12.9. The molecule has 6 nitrogen and oxygen atoms in total. The van der Waals surface area contributed by atoms with Crippen LogP contribution in [0.15, 0.2) is 71.8 Å². The monoisotopic (exact) mass is 419 g/mol. The number of rotatable bonds is 6. The number of hydrogen-bond donors (Lipinski definition) is 1. The highest BCUT2D eigenvalue weighted by molar-refractivity contribution is 7.22. The van der Waals surface area contributed by atoms with Crippen LogP contribution in [0.3, 0.4) is 0 Å². The van der Waals surface area contributed by atoms with E-state index in [0.717, 1.165) is 16.0 Å². The molecule has 0 radical (unpaired) electrons. The molecule has 1 N–H and O–H groups in total. The van der Waals surface area contributed by atoms with E-state index >= 15 is 0 Å². The molecular formula is C23H21N3O3S. The SMILES string of the molecule is COc1ccccc1[C@H](C)NC(=O)Cn1cnc2cc(-c3ccccc3)sc2c1=O. The number of nitrogens with one attached hydrogen (secondary N) is 1. The lowest BCUT2D eigenvalue weighted by Gasteiger charge is -2.17. The van der Waals surface area contributed by atoms with E-state index in [4.69, 9.17) is 4.74 Å². The van der Waals surface area contributed by atoms with Gasteiger partial charge in [0, 0.05) is 10.4 Å². The Labute approximate surface area is 177 Å². The first kappa shape index (κ1) is 19.8. The van der Waals surface area contributed by atoms with E-state index in [-0.39, 0.29) is 24.1 Å². The molecule has 152 valence electrons. The highest BCUT2D eigenvalue weighted by Crippen LogP contribution is 2.30. The Bertz CT molecular complexity index is 1250. The minimum atomic E-state index is -0.267. The van der Waals surface area contributed by atoms with E-state index in [9.17, 15) is 9.59 Å². The normalized spacial score (nSPS) is 11.9. The Balaban J connectivity index is 1.54. The summed E-state index contributed by atoms with van der Waals surface area (Å²) in [4.78, 5) is 30.8. The van der Waals surface area contributed by atoms with Crippen LogP contribution in [0.2, 0.25) is 0 Å².